The molecule has 0 amide bonds. The molecule has 0 aliphatic carbocycles. The molecule has 0 bridgehead atoms. The molecule has 3 rings (SSSR count). The Morgan fingerprint density at radius 2 is 2.15 bits per heavy atom. The molecule has 6 nitrogen and oxygen atoms in total. The summed E-state index contributed by atoms with van der Waals surface area (Å²) in [5, 5.41) is 8.74. The number of hydrogen-bond donors (Lipinski definition) is 1. The van der Waals surface area contributed by atoms with Gasteiger partial charge in [-0.2, -0.15) is 5.26 Å². The Morgan fingerprint density at radius 3 is 2.95 bits per heavy atom. The van der Waals surface area contributed by atoms with Gasteiger partial charge in [0.15, 0.2) is 11.5 Å². The monoisotopic (exact) mass is 269 g/mol. The predicted molar refractivity (Wildman–Crippen MR) is 70.3 cm³/mol. The fourth-order valence-corrected chi connectivity index (χ4v) is 1.83. The summed E-state index contributed by atoms with van der Waals surface area (Å²) < 4.78 is 16.1. The largest absolute Gasteiger partial charge is 0.471 e. The van der Waals surface area contributed by atoms with Gasteiger partial charge in [-0.15, -0.1) is 0 Å². The summed E-state index contributed by atoms with van der Waals surface area (Å²) in [6.45, 7) is 0.545. The Morgan fingerprint density at radius 1 is 1.30 bits per heavy atom. The van der Waals surface area contributed by atoms with Crippen LogP contribution in [-0.2, 0) is 6.61 Å². The van der Waals surface area contributed by atoms with Crippen molar-refractivity contribution in [3.8, 4) is 23.4 Å². The normalized spacial score (nSPS) is 11.9. The molecule has 2 aromatic rings. The fourth-order valence-electron chi connectivity index (χ4n) is 1.83. The lowest BCUT2D eigenvalue weighted by Crippen LogP contribution is -2.01. The van der Waals surface area contributed by atoms with E-state index in [1.165, 1.54) is 12.3 Å². The molecule has 6 heteroatoms. The quantitative estimate of drug-likeness (QED) is 0.914. The standard InChI is InChI=1S/C14H11N3O3/c15-5-10-3-11(16)14(17-6-10)18-7-9-1-2-12-13(4-9)20-8-19-12/h1-4,6H,7-8,16H2. The summed E-state index contributed by atoms with van der Waals surface area (Å²) in [4.78, 5) is 4.01. The zero-order valence-corrected chi connectivity index (χ0v) is 10.5. The second kappa shape index (κ2) is 4.97. The van der Waals surface area contributed by atoms with Crippen LogP contribution in [0.25, 0.3) is 0 Å². The van der Waals surface area contributed by atoms with Gasteiger partial charge >= 0.3 is 0 Å². The van der Waals surface area contributed by atoms with Crippen LogP contribution in [-0.4, -0.2) is 11.8 Å². The maximum Gasteiger partial charge on any atom is 0.237 e. The summed E-state index contributed by atoms with van der Waals surface area (Å²) in [7, 11) is 0. The van der Waals surface area contributed by atoms with Gasteiger partial charge in [0.1, 0.15) is 12.7 Å². The number of pyridine rings is 1. The number of ether oxygens (including phenoxy) is 3. The van der Waals surface area contributed by atoms with Gasteiger partial charge in [-0.25, -0.2) is 4.98 Å². The first-order chi connectivity index (χ1) is 9.76. The molecule has 1 aliphatic rings. The van der Waals surface area contributed by atoms with E-state index in [1.54, 1.807) is 0 Å². The van der Waals surface area contributed by atoms with Crippen molar-refractivity contribution in [1.29, 1.82) is 5.26 Å². The molecule has 2 N–H and O–H groups in total. The van der Waals surface area contributed by atoms with Crippen LogP contribution in [0.3, 0.4) is 0 Å². The maximum atomic E-state index is 8.74. The highest BCUT2D eigenvalue weighted by molar-refractivity contribution is 5.52. The molecule has 0 unspecified atom stereocenters. The number of aromatic nitrogens is 1. The fraction of sp³-hybridized carbons (Fsp3) is 0.143. The Bertz CT molecular complexity index is 695. The lowest BCUT2D eigenvalue weighted by molar-refractivity contribution is 0.174. The topological polar surface area (TPSA) is 90.4 Å². The molecule has 0 radical (unpaired) electrons. The predicted octanol–water partition coefficient (Wildman–Crippen LogP) is 1.84. The SMILES string of the molecule is N#Cc1cnc(OCc2ccc3c(c2)OCO3)c(N)c1. The van der Waals surface area contributed by atoms with E-state index in [1.807, 2.05) is 24.3 Å². The molecular weight excluding hydrogens is 258 g/mol. The van der Waals surface area contributed by atoms with E-state index in [0.29, 0.717) is 29.5 Å². The van der Waals surface area contributed by atoms with Crippen LogP contribution in [0.5, 0.6) is 17.4 Å². The number of rotatable bonds is 3. The van der Waals surface area contributed by atoms with Gasteiger partial charge in [0.05, 0.1) is 11.3 Å². The highest BCUT2D eigenvalue weighted by Gasteiger charge is 2.13. The first-order valence-electron chi connectivity index (χ1n) is 5.93. The minimum absolute atomic E-state index is 0.240. The number of nitrogens with two attached hydrogens (primary N) is 1. The second-order valence-corrected chi connectivity index (χ2v) is 4.21. The van der Waals surface area contributed by atoms with Gasteiger partial charge in [0, 0.05) is 6.20 Å². The molecule has 1 aromatic carbocycles. The van der Waals surface area contributed by atoms with Crippen molar-refractivity contribution in [1.82, 2.24) is 4.98 Å². The number of benzene rings is 1. The summed E-state index contributed by atoms with van der Waals surface area (Å²) >= 11 is 0. The van der Waals surface area contributed by atoms with Gasteiger partial charge in [-0.3, -0.25) is 0 Å². The van der Waals surface area contributed by atoms with E-state index in [9.17, 15) is 0 Å². The number of nitrogen functional groups attached to an aromatic ring is 1. The second-order valence-electron chi connectivity index (χ2n) is 4.21. The summed E-state index contributed by atoms with van der Waals surface area (Å²) in [6, 6.07) is 9.06. The van der Waals surface area contributed by atoms with Gasteiger partial charge in [0.25, 0.3) is 0 Å². The molecule has 2 heterocycles. The Hall–Kier alpha value is -2.94. The number of nitriles is 1. The van der Waals surface area contributed by atoms with Crippen LogP contribution in [0.4, 0.5) is 5.69 Å². The molecule has 0 saturated carbocycles. The highest BCUT2D eigenvalue weighted by Crippen LogP contribution is 2.32. The molecule has 1 aliphatic heterocycles. The Labute approximate surface area is 115 Å². The van der Waals surface area contributed by atoms with Crippen LogP contribution < -0.4 is 19.9 Å². The average molecular weight is 269 g/mol. The molecule has 20 heavy (non-hydrogen) atoms. The third kappa shape index (κ3) is 2.29. The zero-order valence-electron chi connectivity index (χ0n) is 10.5. The summed E-state index contributed by atoms with van der Waals surface area (Å²) in [5.41, 5.74) is 7.42. The minimum atomic E-state index is 0.240. The first-order valence-corrected chi connectivity index (χ1v) is 5.93. The number of anilines is 1. The zero-order chi connectivity index (χ0) is 13.9. The van der Waals surface area contributed by atoms with Crippen molar-refractivity contribution in [2.75, 3.05) is 12.5 Å². The molecular formula is C14H11N3O3. The van der Waals surface area contributed by atoms with Crippen LogP contribution >= 0.6 is 0 Å². The van der Waals surface area contributed by atoms with E-state index in [0.717, 1.165) is 11.3 Å². The summed E-state index contributed by atoms with van der Waals surface area (Å²) in [5.74, 6) is 1.73. The Kier molecular flexibility index (Phi) is 3.01. The molecule has 0 spiro atoms. The third-order valence-corrected chi connectivity index (χ3v) is 2.82. The number of fused-ring (bicyclic) bond motifs is 1. The van der Waals surface area contributed by atoms with Crippen LogP contribution in [0, 0.1) is 11.3 Å². The lowest BCUT2D eigenvalue weighted by Gasteiger charge is -2.08. The van der Waals surface area contributed by atoms with Crippen molar-refractivity contribution < 1.29 is 14.2 Å². The lowest BCUT2D eigenvalue weighted by atomic mass is 10.2. The van der Waals surface area contributed by atoms with E-state index in [2.05, 4.69) is 4.98 Å². The Balaban J connectivity index is 1.72. The van der Waals surface area contributed by atoms with E-state index in [-0.39, 0.29) is 6.79 Å². The number of nitrogens with zero attached hydrogens (tertiary/aromatic N) is 2. The van der Waals surface area contributed by atoms with E-state index >= 15 is 0 Å². The summed E-state index contributed by atoms with van der Waals surface area (Å²) in [6.07, 6.45) is 1.42. The van der Waals surface area contributed by atoms with Crippen molar-refractivity contribution in [2.24, 2.45) is 0 Å². The molecule has 0 atom stereocenters. The van der Waals surface area contributed by atoms with Crippen molar-refractivity contribution >= 4 is 5.69 Å². The van der Waals surface area contributed by atoms with E-state index < -0.39 is 0 Å². The van der Waals surface area contributed by atoms with Crippen LogP contribution in [0.15, 0.2) is 30.5 Å². The van der Waals surface area contributed by atoms with Crippen molar-refractivity contribution in [3.05, 3.63) is 41.6 Å². The smallest absolute Gasteiger partial charge is 0.237 e. The van der Waals surface area contributed by atoms with Gasteiger partial charge in [0.2, 0.25) is 12.7 Å². The highest BCUT2D eigenvalue weighted by atomic mass is 16.7. The van der Waals surface area contributed by atoms with Gasteiger partial charge < -0.3 is 19.9 Å². The van der Waals surface area contributed by atoms with Crippen molar-refractivity contribution in [2.45, 2.75) is 6.61 Å². The van der Waals surface area contributed by atoms with Crippen LogP contribution in [0.2, 0.25) is 0 Å². The van der Waals surface area contributed by atoms with E-state index in [4.69, 9.17) is 25.2 Å². The average Bonchev–Trinajstić information content (AvgIpc) is 2.93. The van der Waals surface area contributed by atoms with Gasteiger partial charge in [-0.1, -0.05) is 6.07 Å². The molecule has 1 aromatic heterocycles. The van der Waals surface area contributed by atoms with Crippen molar-refractivity contribution in [3.63, 3.8) is 0 Å². The third-order valence-electron chi connectivity index (χ3n) is 2.82. The maximum absolute atomic E-state index is 8.74. The van der Waals surface area contributed by atoms with Crippen LogP contribution in [0.1, 0.15) is 11.1 Å². The minimum Gasteiger partial charge on any atom is -0.471 e. The van der Waals surface area contributed by atoms with Gasteiger partial charge in [-0.05, 0) is 23.8 Å². The molecule has 0 fully saturated rings. The first kappa shape index (κ1) is 12.1. The molecule has 0 saturated heterocycles. The number of hydrogen-bond acceptors (Lipinski definition) is 6. The molecule has 100 valence electrons.